The molecule has 1 fully saturated rings. The van der Waals surface area contributed by atoms with Crippen LogP contribution in [0.3, 0.4) is 0 Å². The monoisotopic (exact) mass is 348 g/mol. The van der Waals surface area contributed by atoms with Crippen LogP contribution in [-0.4, -0.2) is 50.1 Å². The Morgan fingerprint density at radius 2 is 2.21 bits per heavy atom. The van der Waals surface area contributed by atoms with E-state index in [4.69, 9.17) is 0 Å². The van der Waals surface area contributed by atoms with Crippen LogP contribution < -0.4 is 10.6 Å². The average molecular weight is 349 g/mol. The molecule has 24 heavy (non-hydrogen) atoms. The highest BCUT2D eigenvalue weighted by Crippen LogP contribution is 2.14. The van der Waals surface area contributed by atoms with Gasteiger partial charge in [-0.2, -0.15) is 0 Å². The second kappa shape index (κ2) is 9.84. The summed E-state index contributed by atoms with van der Waals surface area (Å²) in [4.78, 5) is 8.33. The van der Waals surface area contributed by atoms with Crippen molar-refractivity contribution < 1.29 is 0 Å². The predicted molar refractivity (Wildman–Crippen MR) is 106 cm³/mol. The number of guanidine groups is 1. The van der Waals surface area contributed by atoms with Crippen LogP contribution in [0.15, 0.2) is 34.7 Å². The van der Waals surface area contributed by atoms with Crippen molar-refractivity contribution in [1.29, 1.82) is 0 Å². The molecular formula is C19H32N4S. The average Bonchev–Trinajstić information content (AvgIpc) is 3.05. The molecule has 1 atom stereocenters. The van der Waals surface area contributed by atoms with Gasteiger partial charge in [0, 0.05) is 44.1 Å². The lowest BCUT2D eigenvalue weighted by Crippen LogP contribution is -2.49. The molecule has 0 aliphatic carbocycles. The largest absolute Gasteiger partial charge is 0.356 e. The van der Waals surface area contributed by atoms with Crippen LogP contribution in [0.5, 0.6) is 0 Å². The second-order valence-corrected chi connectivity index (χ2v) is 8.03. The van der Waals surface area contributed by atoms with Gasteiger partial charge in [-0.1, -0.05) is 25.1 Å². The number of nitrogens with zero attached hydrogens (tertiary/aromatic N) is 2. The van der Waals surface area contributed by atoms with Crippen LogP contribution in [0.1, 0.15) is 31.6 Å². The first kappa shape index (κ1) is 19.0. The highest BCUT2D eigenvalue weighted by molar-refractivity contribution is 7.09. The minimum atomic E-state index is 0.519. The third kappa shape index (κ3) is 6.65. The van der Waals surface area contributed by atoms with E-state index in [-0.39, 0.29) is 0 Å². The predicted octanol–water partition coefficient (Wildman–Crippen LogP) is 3.13. The van der Waals surface area contributed by atoms with Crippen molar-refractivity contribution in [2.45, 2.75) is 39.2 Å². The molecule has 2 heterocycles. The van der Waals surface area contributed by atoms with Gasteiger partial charge in [-0.05, 0) is 43.6 Å². The number of hydrogen-bond acceptors (Lipinski definition) is 3. The SMILES string of the molecule is C=C(C)CN1CCC(NC(=NC)NCC(C)Cc2cccs2)CC1. The van der Waals surface area contributed by atoms with Gasteiger partial charge in [0.25, 0.3) is 0 Å². The van der Waals surface area contributed by atoms with E-state index in [9.17, 15) is 0 Å². The zero-order chi connectivity index (χ0) is 17.4. The van der Waals surface area contributed by atoms with Gasteiger partial charge in [0.15, 0.2) is 5.96 Å². The molecule has 5 heteroatoms. The molecule has 1 saturated heterocycles. The molecule has 1 aromatic heterocycles. The lowest BCUT2D eigenvalue weighted by molar-refractivity contribution is 0.221. The van der Waals surface area contributed by atoms with Gasteiger partial charge >= 0.3 is 0 Å². The summed E-state index contributed by atoms with van der Waals surface area (Å²) >= 11 is 1.84. The van der Waals surface area contributed by atoms with Crippen LogP contribution in [0.25, 0.3) is 0 Å². The number of nitrogens with one attached hydrogen (secondary N) is 2. The van der Waals surface area contributed by atoms with Gasteiger partial charge in [0.05, 0.1) is 0 Å². The molecule has 134 valence electrons. The molecule has 2 N–H and O–H groups in total. The van der Waals surface area contributed by atoms with Gasteiger partial charge in [-0.25, -0.2) is 0 Å². The molecule has 2 rings (SSSR count). The Morgan fingerprint density at radius 3 is 2.79 bits per heavy atom. The van der Waals surface area contributed by atoms with E-state index in [1.807, 2.05) is 18.4 Å². The Hall–Kier alpha value is -1.33. The third-order valence-electron chi connectivity index (χ3n) is 4.39. The van der Waals surface area contributed by atoms with Crippen LogP contribution >= 0.6 is 11.3 Å². The first-order chi connectivity index (χ1) is 11.6. The molecule has 1 aromatic rings. The van der Waals surface area contributed by atoms with Crippen LogP contribution in [0.4, 0.5) is 0 Å². The lowest BCUT2D eigenvalue weighted by atomic mass is 10.0. The molecule has 1 aliphatic heterocycles. The number of rotatable bonds is 7. The van der Waals surface area contributed by atoms with Gasteiger partial charge in [0.1, 0.15) is 0 Å². The molecule has 0 spiro atoms. The summed E-state index contributed by atoms with van der Waals surface area (Å²) in [6.45, 7) is 12.7. The highest BCUT2D eigenvalue weighted by Gasteiger charge is 2.19. The molecule has 4 nitrogen and oxygen atoms in total. The molecule has 0 saturated carbocycles. The summed E-state index contributed by atoms with van der Waals surface area (Å²) in [5, 5.41) is 9.22. The maximum atomic E-state index is 4.39. The Morgan fingerprint density at radius 1 is 1.46 bits per heavy atom. The first-order valence-corrected chi connectivity index (χ1v) is 9.81. The third-order valence-corrected chi connectivity index (χ3v) is 5.29. The Kier molecular flexibility index (Phi) is 7.79. The maximum absolute atomic E-state index is 4.39. The number of aliphatic imine (C=N–C) groups is 1. The topological polar surface area (TPSA) is 39.7 Å². The highest BCUT2D eigenvalue weighted by atomic mass is 32.1. The smallest absolute Gasteiger partial charge is 0.191 e. The summed E-state index contributed by atoms with van der Waals surface area (Å²) in [6, 6.07) is 4.86. The standard InChI is InChI=1S/C19H32N4S/c1-15(2)14-23-9-7-17(8-10-23)22-19(20-4)21-13-16(3)12-18-6-5-11-24-18/h5-6,11,16-17H,1,7-10,12-14H2,2-4H3,(H2,20,21,22). The fraction of sp³-hybridized carbons (Fsp3) is 0.632. The van der Waals surface area contributed by atoms with E-state index in [0.717, 1.165) is 38.6 Å². The summed E-state index contributed by atoms with van der Waals surface area (Å²) in [6.07, 6.45) is 3.46. The first-order valence-electron chi connectivity index (χ1n) is 8.93. The summed E-state index contributed by atoms with van der Waals surface area (Å²) in [5.74, 6) is 1.53. The number of hydrogen-bond donors (Lipinski definition) is 2. The molecule has 0 radical (unpaired) electrons. The fourth-order valence-electron chi connectivity index (χ4n) is 3.12. The lowest BCUT2D eigenvalue weighted by Gasteiger charge is -2.33. The van der Waals surface area contributed by atoms with Crippen LogP contribution in [-0.2, 0) is 6.42 Å². The van der Waals surface area contributed by atoms with E-state index in [2.05, 4.69) is 58.5 Å². The van der Waals surface area contributed by atoms with E-state index < -0.39 is 0 Å². The minimum Gasteiger partial charge on any atom is -0.356 e. The summed E-state index contributed by atoms with van der Waals surface area (Å²) in [7, 11) is 1.86. The molecule has 1 unspecified atom stereocenters. The Labute approximate surface area is 151 Å². The van der Waals surface area contributed by atoms with Gasteiger partial charge in [-0.15, -0.1) is 11.3 Å². The van der Waals surface area contributed by atoms with E-state index in [1.54, 1.807) is 0 Å². The maximum Gasteiger partial charge on any atom is 0.191 e. The van der Waals surface area contributed by atoms with Crippen molar-refractivity contribution in [3.05, 3.63) is 34.5 Å². The van der Waals surface area contributed by atoms with Crippen molar-refractivity contribution in [2.24, 2.45) is 10.9 Å². The Balaban J connectivity index is 1.68. The minimum absolute atomic E-state index is 0.519. The molecule has 1 aliphatic rings. The van der Waals surface area contributed by atoms with Crippen molar-refractivity contribution in [3.63, 3.8) is 0 Å². The fourth-order valence-corrected chi connectivity index (χ4v) is 3.99. The van der Waals surface area contributed by atoms with Gasteiger partial charge < -0.3 is 10.6 Å². The number of likely N-dealkylation sites (tertiary alicyclic amines) is 1. The van der Waals surface area contributed by atoms with Gasteiger partial charge in [0.2, 0.25) is 0 Å². The van der Waals surface area contributed by atoms with Crippen LogP contribution in [0.2, 0.25) is 0 Å². The molecule has 0 amide bonds. The van der Waals surface area contributed by atoms with E-state index >= 15 is 0 Å². The second-order valence-electron chi connectivity index (χ2n) is 6.99. The normalized spacial score (nSPS) is 18.4. The zero-order valence-corrected chi connectivity index (χ0v) is 16.2. The van der Waals surface area contributed by atoms with Crippen LogP contribution in [0, 0.1) is 5.92 Å². The summed E-state index contributed by atoms with van der Waals surface area (Å²) in [5.41, 5.74) is 1.25. The van der Waals surface area contributed by atoms with Crippen molar-refractivity contribution >= 4 is 17.3 Å². The number of piperidine rings is 1. The molecule has 0 aromatic carbocycles. The zero-order valence-electron chi connectivity index (χ0n) is 15.3. The van der Waals surface area contributed by atoms with Crippen molar-refractivity contribution in [3.8, 4) is 0 Å². The molecule has 0 bridgehead atoms. The van der Waals surface area contributed by atoms with Crippen molar-refractivity contribution in [1.82, 2.24) is 15.5 Å². The van der Waals surface area contributed by atoms with Gasteiger partial charge in [-0.3, -0.25) is 9.89 Å². The Bertz CT molecular complexity index is 515. The van der Waals surface area contributed by atoms with Crippen molar-refractivity contribution in [2.75, 3.05) is 33.2 Å². The van der Waals surface area contributed by atoms with E-state index in [1.165, 1.54) is 23.3 Å². The quantitative estimate of drug-likeness (QED) is 0.452. The summed E-state index contributed by atoms with van der Waals surface area (Å²) < 4.78 is 0. The number of thiophene rings is 1. The molecular weight excluding hydrogens is 316 g/mol. The van der Waals surface area contributed by atoms with E-state index in [0.29, 0.717) is 12.0 Å².